The number of carbonyl (C=O) groups excluding carboxylic acids is 1. The summed E-state index contributed by atoms with van der Waals surface area (Å²) in [5.74, 6) is 1.42. The number of carbonyl (C=O) groups is 1. The van der Waals surface area contributed by atoms with Crippen LogP contribution < -0.4 is 5.32 Å². The lowest BCUT2D eigenvalue weighted by atomic mass is 9.93. The molecule has 0 unspecified atom stereocenters. The molecule has 0 saturated carbocycles. The predicted octanol–water partition coefficient (Wildman–Crippen LogP) is 4.07. The van der Waals surface area contributed by atoms with Crippen LogP contribution in [-0.2, 0) is 0 Å². The van der Waals surface area contributed by atoms with Gasteiger partial charge in [-0.1, -0.05) is 19.0 Å². The lowest BCUT2D eigenvalue weighted by Crippen LogP contribution is -2.39. The number of nitrogens with zero attached hydrogens (tertiary/aromatic N) is 3. The topological polar surface area (TPSA) is 84.4 Å². The summed E-state index contributed by atoms with van der Waals surface area (Å²) in [6, 6.07) is 5.45. The van der Waals surface area contributed by atoms with E-state index < -0.39 is 0 Å². The zero-order chi connectivity index (χ0) is 20.4. The zero-order valence-corrected chi connectivity index (χ0v) is 17.3. The fourth-order valence-electron chi connectivity index (χ4n) is 4.03. The molecule has 1 amide bonds. The molecule has 0 radical (unpaired) electrons. The summed E-state index contributed by atoms with van der Waals surface area (Å²) in [6.45, 7) is 6.65. The number of hydrogen-bond donors (Lipinski definition) is 1. The molecule has 1 aliphatic rings. The molecule has 1 aliphatic heterocycles. The SMILES string of the molecule is CNCCC1CCN(C(=O)c2cc(-c3ccco3)nc3onc(C(C)C)c23)CC1. The number of fused-ring (bicyclic) bond motifs is 1. The van der Waals surface area contributed by atoms with Gasteiger partial charge in [-0.3, -0.25) is 4.79 Å². The van der Waals surface area contributed by atoms with Crippen molar-refractivity contribution in [3.8, 4) is 11.5 Å². The van der Waals surface area contributed by atoms with E-state index in [4.69, 9.17) is 8.94 Å². The van der Waals surface area contributed by atoms with Crippen molar-refractivity contribution >= 4 is 17.0 Å². The third-order valence-corrected chi connectivity index (χ3v) is 5.73. The smallest absolute Gasteiger partial charge is 0.259 e. The Morgan fingerprint density at radius 3 is 2.79 bits per heavy atom. The molecular weight excluding hydrogens is 368 g/mol. The van der Waals surface area contributed by atoms with Crippen molar-refractivity contribution in [3.05, 3.63) is 35.7 Å². The highest BCUT2D eigenvalue weighted by molar-refractivity contribution is 6.07. The van der Waals surface area contributed by atoms with E-state index in [-0.39, 0.29) is 11.8 Å². The van der Waals surface area contributed by atoms with E-state index in [1.54, 1.807) is 12.3 Å². The highest BCUT2D eigenvalue weighted by atomic mass is 16.5. The third kappa shape index (κ3) is 3.92. The number of rotatable bonds is 6. The van der Waals surface area contributed by atoms with Gasteiger partial charge < -0.3 is 19.2 Å². The lowest BCUT2D eigenvalue weighted by molar-refractivity contribution is 0.0689. The molecule has 7 nitrogen and oxygen atoms in total. The van der Waals surface area contributed by atoms with Crippen molar-refractivity contribution < 1.29 is 13.7 Å². The van der Waals surface area contributed by atoms with Crippen LogP contribution in [0.15, 0.2) is 33.4 Å². The first-order chi connectivity index (χ1) is 14.1. The summed E-state index contributed by atoms with van der Waals surface area (Å²) in [4.78, 5) is 20.0. The highest BCUT2D eigenvalue weighted by Crippen LogP contribution is 2.32. The summed E-state index contributed by atoms with van der Waals surface area (Å²) in [5, 5.41) is 8.14. The second-order valence-electron chi connectivity index (χ2n) is 8.06. The number of hydrogen-bond acceptors (Lipinski definition) is 6. The standard InChI is InChI=1S/C22H28N4O3/c1-14(2)20-19-16(22(27)26-10-7-15(8-11-26)6-9-23-3)13-17(18-5-4-12-28-18)24-21(19)29-25-20/h4-5,12-15,23H,6-11H2,1-3H3. The van der Waals surface area contributed by atoms with Gasteiger partial charge in [0, 0.05) is 13.1 Å². The van der Waals surface area contributed by atoms with Gasteiger partial charge in [0.15, 0.2) is 5.76 Å². The second-order valence-corrected chi connectivity index (χ2v) is 8.06. The molecule has 0 spiro atoms. The van der Waals surface area contributed by atoms with E-state index in [1.165, 1.54) is 0 Å². The van der Waals surface area contributed by atoms with Crippen LogP contribution in [-0.4, -0.2) is 47.6 Å². The van der Waals surface area contributed by atoms with Gasteiger partial charge in [0.05, 0.1) is 22.9 Å². The number of furan rings is 1. The second kappa shape index (κ2) is 8.37. The largest absolute Gasteiger partial charge is 0.463 e. The number of amides is 1. The maximum atomic E-state index is 13.5. The van der Waals surface area contributed by atoms with Gasteiger partial charge in [-0.15, -0.1) is 0 Å². The van der Waals surface area contributed by atoms with Gasteiger partial charge in [-0.05, 0) is 62.9 Å². The third-order valence-electron chi connectivity index (χ3n) is 5.73. The van der Waals surface area contributed by atoms with E-state index in [0.29, 0.717) is 28.6 Å². The molecule has 1 saturated heterocycles. The highest BCUT2D eigenvalue weighted by Gasteiger charge is 2.28. The first-order valence-electron chi connectivity index (χ1n) is 10.4. The van der Waals surface area contributed by atoms with E-state index in [1.807, 2.05) is 37.9 Å². The molecule has 0 aromatic carbocycles. The maximum Gasteiger partial charge on any atom is 0.259 e. The Morgan fingerprint density at radius 1 is 1.34 bits per heavy atom. The summed E-state index contributed by atoms with van der Waals surface area (Å²) >= 11 is 0. The normalized spacial score (nSPS) is 15.5. The average molecular weight is 396 g/mol. The van der Waals surface area contributed by atoms with Crippen LogP contribution in [0.25, 0.3) is 22.6 Å². The van der Waals surface area contributed by atoms with Crippen LogP contribution in [0, 0.1) is 5.92 Å². The molecule has 4 rings (SSSR count). The van der Waals surface area contributed by atoms with Gasteiger partial charge in [-0.2, -0.15) is 0 Å². The molecule has 0 bridgehead atoms. The molecule has 1 fully saturated rings. The monoisotopic (exact) mass is 396 g/mol. The molecule has 0 aliphatic carbocycles. The Kier molecular flexibility index (Phi) is 5.67. The molecule has 7 heteroatoms. The number of nitrogens with one attached hydrogen (secondary N) is 1. The van der Waals surface area contributed by atoms with E-state index >= 15 is 0 Å². The van der Waals surface area contributed by atoms with Crippen LogP contribution in [0.3, 0.4) is 0 Å². The van der Waals surface area contributed by atoms with Crippen molar-refractivity contribution in [1.82, 2.24) is 20.4 Å². The Bertz CT molecular complexity index is 970. The summed E-state index contributed by atoms with van der Waals surface area (Å²) in [6.07, 6.45) is 4.82. The van der Waals surface area contributed by atoms with Crippen LogP contribution in [0.4, 0.5) is 0 Å². The number of likely N-dealkylation sites (tertiary alicyclic amines) is 1. The van der Waals surface area contributed by atoms with Crippen molar-refractivity contribution in [2.75, 3.05) is 26.7 Å². The minimum absolute atomic E-state index is 0.0161. The molecule has 0 atom stereocenters. The molecule has 4 heterocycles. The molecule has 1 N–H and O–H groups in total. The van der Waals surface area contributed by atoms with Gasteiger partial charge in [-0.25, -0.2) is 4.98 Å². The fraction of sp³-hybridized carbons (Fsp3) is 0.500. The molecular formula is C22H28N4O3. The van der Waals surface area contributed by atoms with Gasteiger partial charge >= 0.3 is 0 Å². The summed E-state index contributed by atoms with van der Waals surface area (Å²) in [7, 11) is 1.98. The van der Waals surface area contributed by atoms with Crippen molar-refractivity contribution in [3.63, 3.8) is 0 Å². The van der Waals surface area contributed by atoms with Crippen LogP contribution in [0.5, 0.6) is 0 Å². The molecule has 154 valence electrons. The van der Waals surface area contributed by atoms with E-state index in [2.05, 4.69) is 15.5 Å². The van der Waals surface area contributed by atoms with Gasteiger partial charge in [0.2, 0.25) is 0 Å². The Hall–Kier alpha value is -2.67. The van der Waals surface area contributed by atoms with Crippen LogP contribution in [0.2, 0.25) is 0 Å². The average Bonchev–Trinajstić information content (AvgIpc) is 3.41. The number of piperidine rings is 1. The number of pyridine rings is 1. The Labute approximate surface area is 170 Å². The predicted molar refractivity (Wildman–Crippen MR) is 111 cm³/mol. The van der Waals surface area contributed by atoms with E-state index in [0.717, 1.165) is 50.0 Å². The Morgan fingerprint density at radius 2 is 2.14 bits per heavy atom. The zero-order valence-electron chi connectivity index (χ0n) is 17.3. The van der Waals surface area contributed by atoms with Crippen molar-refractivity contribution in [2.24, 2.45) is 5.92 Å². The van der Waals surface area contributed by atoms with E-state index in [9.17, 15) is 4.79 Å². The first kappa shape index (κ1) is 19.6. The summed E-state index contributed by atoms with van der Waals surface area (Å²) < 4.78 is 11.0. The Balaban J connectivity index is 1.68. The van der Waals surface area contributed by atoms with Crippen molar-refractivity contribution in [2.45, 2.75) is 39.0 Å². The van der Waals surface area contributed by atoms with Crippen LogP contribution >= 0.6 is 0 Å². The first-order valence-corrected chi connectivity index (χ1v) is 10.4. The number of aromatic nitrogens is 2. The molecule has 3 aromatic rings. The minimum Gasteiger partial charge on any atom is -0.463 e. The van der Waals surface area contributed by atoms with Gasteiger partial charge in [0.25, 0.3) is 11.6 Å². The minimum atomic E-state index is 0.0161. The lowest BCUT2D eigenvalue weighted by Gasteiger charge is -2.32. The summed E-state index contributed by atoms with van der Waals surface area (Å²) in [5.41, 5.74) is 2.34. The van der Waals surface area contributed by atoms with Gasteiger partial charge in [0.1, 0.15) is 5.69 Å². The molecule has 3 aromatic heterocycles. The fourth-order valence-corrected chi connectivity index (χ4v) is 4.03. The van der Waals surface area contributed by atoms with Crippen LogP contribution in [0.1, 0.15) is 55.1 Å². The quantitative estimate of drug-likeness (QED) is 0.676. The van der Waals surface area contributed by atoms with Crippen molar-refractivity contribution in [1.29, 1.82) is 0 Å². The molecule has 29 heavy (non-hydrogen) atoms. The maximum absolute atomic E-state index is 13.5.